The lowest BCUT2D eigenvalue weighted by Crippen LogP contribution is -2.33. The predicted octanol–water partition coefficient (Wildman–Crippen LogP) is 0.554. The summed E-state index contributed by atoms with van der Waals surface area (Å²) in [6.07, 6.45) is 3.77. The van der Waals surface area contributed by atoms with Crippen molar-refractivity contribution in [2.24, 2.45) is 17.4 Å². The van der Waals surface area contributed by atoms with Crippen molar-refractivity contribution in [2.75, 3.05) is 6.54 Å². The van der Waals surface area contributed by atoms with E-state index in [9.17, 15) is 4.79 Å². The molecular weight excluding hydrogens is 168 g/mol. The molecule has 0 aliphatic carbocycles. The first-order chi connectivity index (χ1) is 6.09. The summed E-state index contributed by atoms with van der Waals surface area (Å²) in [6.45, 7) is 2.35. The lowest BCUT2D eigenvalue weighted by atomic mass is 9.97. The molecule has 4 heteroatoms. The van der Waals surface area contributed by atoms with Gasteiger partial charge in [0, 0.05) is 6.04 Å². The highest BCUT2D eigenvalue weighted by Crippen LogP contribution is 2.09. The van der Waals surface area contributed by atoms with Gasteiger partial charge in [0.05, 0.1) is 5.92 Å². The summed E-state index contributed by atoms with van der Waals surface area (Å²) in [7, 11) is 0. The first-order valence-electron chi connectivity index (χ1n) is 4.78. The van der Waals surface area contributed by atoms with E-state index < -0.39 is 11.9 Å². The minimum Gasteiger partial charge on any atom is -0.481 e. The summed E-state index contributed by atoms with van der Waals surface area (Å²) in [5.41, 5.74) is 11.0. The van der Waals surface area contributed by atoms with Crippen molar-refractivity contribution in [3.8, 4) is 0 Å². The maximum Gasteiger partial charge on any atom is 0.307 e. The molecule has 0 rings (SSSR count). The van der Waals surface area contributed by atoms with E-state index in [2.05, 4.69) is 0 Å². The zero-order valence-electron chi connectivity index (χ0n) is 8.20. The zero-order chi connectivity index (χ0) is 10.3. The average Bonchev–Trinajstić information content (AvgIpc) is 2.10. The zero-order valence-corrected chi connectivity index (χ0v) is 8.20. The molecule has 0 spiro atoms. The summed E-state index contributed by atoms with van der Waals surface area (Å²) < 4.78 is 0. The third-order valence-corrected chi connectivity index (χ3v) is 2.27. The summed E-state index contributed by atoms with van der Waals surface area (Å²) in [5, 5.41) is 8.66. The number of nitrogens with two attached hydrogens (primary N) is 2. The highest BCUT2D eigenvalue weighted by Gasteiger charge is 2.18. The second-order valence-electron chi connectivity index (χ2n) is 3.43. The molecule has 0 saturated carbocycles. The van der Waals surface area contributed by atoms with Crippen LogP contribution in [-0.4, -0.2) is 23.7 Å². The van der Waals surface area contributed by atoms with Crippen LogP contribution in [0.5, 0.6) is 0 Å². The van der Waals surface area contributed by atoms with Crippen LogP contribution in [0.15, 0.2) is 0 Å². The van der Waals surface area contributed by atoms with Gasteiger partial charge in [-0.05, 0) is 19.4 Å². The normalized spacial score (nSPS) is 15.3. The molecule has 0 fully saturated rings. The third-order valence-electron chi connectivity index (χ3n) is 2.27. The Balaban J connectivity index is 3.50. The molecule has 0 radical (unpaired) electrons. The van der Waals surface area contributed by atoms with Gasteiger partial charge in [0.25, 0.3) is 0 Å². The highest BCUT2D eigenvalue weighted by molar-refractivity contribution is 5.70. The van der Waals surface area contributed by atoms with Gasteiger partial charge in [-0.2, -0.15) is 0 Å². The Hall–Kier alpha value is -0.610. The van der Waals surface area contributed by atoms with E-state index in [1.165, 1.54) is 0 Å². The molecule has 0 aromatic rings. The molecule has 5 N–H and O–H groups in total. The van der Waals surface area contributed by atoms with Crippen molar-refractivity contribution >= 4 is 5.97 Å². The van der Waals surface area contributed by atoms with Crippen LogP contribution in [0.1, 0.15) is 32.6 Å². The fraction of sp³-hybridized carbons (Fsp3) is 0.889. The summed E-state index contributed by atoms with van der Waals surface area (Å²) in [5.74, 6) is -1.26. The van der Waals surface area contributed by atoms with E-state index in [1.807, 2.05) is 0 Å². The minimum absolute atomic E-state index is 0.227. The van der Waals surface area contributed by atoms with Crippen LogP contribution in [0.25, 0.3) is 0 Å². The molecule has 2 atom stereocenters. The van der Waals surface area contributed by atoms with Crippen LogP contribution < -0.4 is 11.5 Å². The van der Waals surface area contributed by atoms with Gasteiger partial charge in [-0.25, -0.2) is 0 Å². The Morgan fingerprint density at radius 3 is 2.46 bits per heavy atom. The van der Waals surface area contributed by atoms with Crippen molar-refractivity contribution < 1.29 is 9.90 Å². The molecule has 0 aliphatic heterocycles. The number of carboxylic acids is 1. The number of rotatable bonds is 7. The van der Waals surface area contributed by atoms with Crippen LogP contribution in [0.3, 0.4) is 0 Å². The smallest absolute Gasteiger partial charge is 0.307 e. The van der Waals surface area contributed by atoms with Crippen LogP contribution in [0, 0.1) is 5.92 Å². The molecule has 0 aliphatic rings. The van der Waals surface area contributed by atoms with Gasteiger partial charge in [0.1, 0.15) is 0 Å². The van der Waals surface area contributed by atoms with E-state index in [0.717, 1.165) is 25.7 Å². The van der Waals surface area contributed by atoms with Crippen LogP contribution in [-0.2, 0) is 4.79 Å². The average molecular weight is 188 g/mol. The van der Waals surface area contributed by atoms with E-state index in [-0.39, 0.29) is 6.04 Å². The molecule has 0 aromatic heterocycles. The van der Waals surface area contributed by atoms with Gasteiger partial charge in [-0.15, -0.1) is 0 Å². The van der Waals surface area contributed by atoms with Gasteiger partial charge in [0.15, 0.2) is 0 Å². The molecule has 0 heterocycles. The summed E-state index contributed by atoms with van der Waals surface area (Å²) in [4.78, 5) is 10.5. The fourth-order valence-electron chi connectivity index (χ4n) is 1.13. The number of carbonyl (C=O) groups is 1. The Labute approximate surface area is 79.3 Å². The topological polar surface area (TPSA) is 89.3 Å². The highest BCUT2D eigenvalue weighted by atomic mass is 16.4. The van der Waals surface area contributed by atoms with Gasteiger partial charge >= 0.3 is 5.97 Å². The quantitative estimate of drug-likeness (QED) is 0.509. The monoisotopic (exact) mass is 188 g/mol. The maximum atomic E-state index is 10.5. The van der Waals surface area contributed by atoms with Crippen LogP contribution >= 0.6 is 0 Å². The Kier molecular flexibility index (Phi) is 6.54. The molecule has 0 amide bonds. The lowest BCUT2D eigenvalue weighted by molar-refractivity contribution is -0.141. The van der Waals surface area contributed by atoms with E-state index in [4.69, 9.17) is 16.6 Å². The van der Waals surface area contributed by atoms with Gasteiger partial charge in [-0.3, -0.25) is 4.79 Å². The van der Waals surface area contributed by atoms with E-state index in [1.54, 1.807) is 6.92 Å². The largest absolute Gasteiger partial charge is 0.481 e. The first kappa shape index (κ1) is 12.4. The van der Waals surface area contributed by atoms with Crippen molar-refractivity contribution in [1.82, 2.24) is 0 Å². The Morgan fingerprint density at radius 2 is 2.00 bits per heavy atom. The lowest BCUT2D eigenvalue weighted by Gasteiger charge is -2.15. The molecule has 0 bridgehead atoms. The Bertz CT molecular complexity index is 151. The van der Waals surface area contributed by atoms with Gasteiger partial charge in [-0.1, -0.05) is 19.8 Å². The van der Waals surface area contributed by atoms with Crippen molar-refractivity contribution in [3.05, 3.63) is 0 Å². The van der Waals surface area contributed by atoms with Crippen LogP contribution in [0.4, 0.5) is 0 Å². The van der Waals surface area contributed by atoms with E-state index >= 15 is 0 Å². The number of aliphatic carboxylic acids is 1. The first-order valence-corrected chi connectivity index (χ1v) is 4.78. The molecule has 2 unspecified atom stereocenters. The second kappa shape index (κ2) is 6.86. The summed E-state index contributed by atoms with van der Waals surface area (Å²) in [6, 6.07) is -0.227. The molecular formula is C9H20N2O2. The van der Waals surface area contributed by atoms with Crippen molar-refractivity contribution in [2.45, 2.75) is 38.6 Å². The molecule has 4 nitrogen and oxygen atoms in total. The number of unbranched alkanes of at least 4 members (excludes halogenated alkanes) is 2. The van der Waals surface area contributed by atoms with E-state index in [0.29, 0.717) is 6.54 Å². The number of carboxylic acid groups (broad SMARTS) is 1. The molecule has 0 aromatic carbocycles. The molecule has 13 heavy (non-hydrogen) atoms. The predicted molar refractivity (Wildman–Crippen MR) is 52.3 cm³/mol. The number of hydrogen-bond donors (Lipinski definition) is 3. The Morgan fingerprint density at radius 1 is 1.38 bits per heavy atom. The third kappa shape index (κ3) is 5.60. The van der Waals surface area contributed by atoms with Crippen molar-refractivity contribution in [1.29, 1.82) is 0 Å². The second-order valence-corrected chi connectivity index (χ2v) is 3.43. The molecule has 0 saturated heterocycles. The standard InChI is InChI=1S/C9H20N2O2/c1-7(9(12)13)8(11)5-3-2-4-6-10/h7-8H,2-6,10-11H2,1H3,(H,12,13). The maximum absolute atomic E-state index is 10.5. The van der Waals surface area contributed by atoms with Gasteiger partial charge < -0.3 is 16.6 Å². The van der Waals surface area contributed by atoms with Crippen LogP contribution in [0.2, 0.25) is 0 Å². The number of hydrogen-bond acceptors (Lipinski definition) is 3. The summed E-state index contributed by atoms with van der Waals surface area (Å²) >= 11 is 0. The SMILES string of the molecule is CC(C(=O)O)C(N)CCCCCN. The minimum atomic E-state index is -0.814. The van der Waals surface area contributed by atoms with Crippen molar-refractivity contribution in [3.63, 3.8) is 0 Å². The van der Waals surface area contributed by atoms with Gasteiger partial charge in [0.2, 0.25) is 0 Å². The molecule has 78 valence electrons. The fourth-order valence-corrected chi connectivity index (χ4v) is 1.13.